The third-order valence-electron chi connectivity index (χ3n) is 2.82. The van der Waals surface area contributed by atoms with Gasteiger partial charge in [-0.25, -0.2) is 0 Å². The number of nitrogens with one attached hydrogen (secondary N) is 1. The molecule has 1 fully saturated rings. The summed E-state index contributed by atoms with van der Waals surface area (Å²) in [4.78, 5) is 14.1. The highest BCUT2D eigenvalue weighted by atomic mass is 79.9. The fourth-order valence-electron chi connectivity index (χ4n) is 1.95. The highest BCUT2D eigenvalue weighted by molar-refractivity contribution is 9.10. The number of hydrogen-bond acceptors (Lipinski definition) is 2. The van der Waals surface area contributed by atoms with Gasteiger partial charge in [-0.1, -0.05) is 27.5 Å². The highest BCUT2D eigenvalue weighted by Crippen LogP contribution is 2.23. The second kappa shape index (κ2) is 6.75. The Morgan fingerprint density at radius 2 is 2.28 bits per heavy atom. The van der Waals surface area contributed by atoms with Crippen molar-refractivity contribution >= 4 is 45.8 Å². The van der Waals surface area contributed by atoms with Crippen molar-refractivity contribution in [2.45, 2.75) is 13.0 Å². The summed E-state index contributed by atoms with van der Waals surface area (Å²) in [5, 5.41) is 3.80. The van der Waals surface area contributed by atoms with Gasteiger partial charge in [0.2, 0.25) is 0 Å². The summed E-state index contributed by atoms with van der Waals surface area (Å²) >= 11 is 9.42. The first-order valence-electron chi connectivity index (χ1n) is 5.55. The Balaban J connectivity index is 0.00000162. The Kier molecular flexibility index (Phi) is 5.92. The molecule has 1 unspecified atom stereocenters. The van der Waals surface area contributed by atoms with Crippen molar-refractivity contribution in [1.29, 1.82) is 0 Å². The fourth-order valence-corrected chi connectivity index (χ4v) is 2.70. The lowest BCUT2D eigenvalue weighted by atomic mass is 10.1. The molecule has 1 N–H and O–H groups in total. The van der Waals surface area contributed by atoms with E-state index in [4.69, 9.17) is 11.6 Å². The van der Waals surface area contributed by atoms with E-state index in [0.717, 1.165) is 24.1 Å². The predicted molar refractivity (Wildman–Crippen MR) is 79.8 cm³/mol. The molecule has 1 aliphatic rings. The van der Waals surface area contributed by atoms with Gasteiger partial charge in [-0.15, -0.1) is 12.4 Å². The van der Waals surface area contributed by atoms with E-state index in [-0.39, 0.29) is 18.3 Å². The Morgan fingerprint density at radius 1 is 1.56 bits per heavy atom. The standard InChI is InChI=1S/C12H14BrClN2O.ClH/c1-8-7-16(5-4-15-8)12(17)10-3-2-9(13)6-11(10)14;/h2-3,6,8,15H,4-5,7H2,1H3;1H. The Morgan fingerprint density at radius 3 is 2.89 bits per heavy atom. The molecule has 1 heterocycles. The molecule has 6 heteroatoms. The summed E-state index contributed by atoms with van der Waals surface area (Å²) in [6.45, 7) is 4.37. The maximum atomic E-state index is 12.3. The first kappa shape index (κ1) is 15.8. The van der Waals surface area contributed by atoms with Crippen LogP contribution >= 0.6 is 39.9 Å². The van der Waals surface area contributed by atoms with Crippen molar-refractivity contribution in [2.75, 3.05) is 19.6 Å². The molecule has 100 valence electrons. The minimum atomic E-state index is 0. The average Bonchev–Trinajstić information content (AvgIpc) is 2.28. The van der Waals surface area contributed by atoms with Crippen molar-refractivity contribution in [3.05, 3.63) is 33.3 Å². The van der Waals surface area contributed by atoms with Crippen molar-refractivity contribution in [2.24, 2.45) is 0 Å². The quantitative estimate of drug-likeness (QED) is 0.841. The molecule has 2 rings (SSSR count). The van der Waals surface area contributed by atoms with Crippen LogP contribution in [-0.2, 0) is 0 Å². The van der Waals surface area contributed by atoms with E-state index in [1.165, 1.54) is 0 Å². The molecule has 1 aromatic carbocycles. The van der Waals surface area contributed by atoms with Gasteiger partial charge in [-0.3, -0.25) is 4.79 Å². The number of hydrogen-bond donors (Lipinski definition) is 1. The van der Waals surface area contributed by atoms with E-state index in [1.54, 1.807) is 12.1 Å². The molecule has 3 nitrogen and oxygen atoms in total. The van der Waals surface area contributed by atoms with E-state index < -0.39 is 0 Å². The maximum absolute atomic E-state index is 12.3. The van der Waals surface area contributed by atoms with Gasteiger partial charge in [0.25, 0.3) is 5.91 Å². The number of benzene rings is 1. The zero-order valence-electron chi connectivity index (χ0n) is 9.95. The SMILES string of the molecule is CC1CN(C(=O)c2ccc(Br)cc2Cl)CCN1.Cl. The first-order valence-corrected chi connectivity index (χ1v) is 6.72. The fraction of sp³-hybridized carbons (Fsp3) is 0.417. The molecular weight excluding hydrogens is 339 g/mol. The van der Waals surface area contributed by atoms with Crippen molar-refractivity contribution in [3.63, 3.8) is 0 Å². The van der Waals surface area contributed by atoms with Crippen LogP contribution in [0.5, 0.6) is 0 Å². The minimum absolute atomic E-state index is 0. The van der Waals surface area contributed by atoms with Gasteiger partial charge >= 0.3 is 0 Å². The third kappa shape index (κ3) is 3.60. The van der Waals surface area contributed by atoms with Gasteiger partial charge in [-0.2, -0.15) is 0 Å². The van der Waals surface area contributed by atoms with Gasteiger partial charge in [0, 0.05) is 30.1 Å². The Hall–Kier alpha value is -0.290. The molecule has 0 bridgehead atoms. The van der Waals surface area contributed by atoms with Crippen LogP contribution in [0.15, 0.2) is 22.7 Å². The van der Waals surface area contributed by atoms with Gasteiger partial charge in [0.15, 0.2) is 0 Å². The predicted octanol–water partition coefficient (Wildman–Crippen LogP) is 2.96. The zero-order chi connectivity index (χ0) is 12.4. The number of carbonyl (C=O) groups excluding carboxylic acids is 1. The van der Waals surface area contributed by atoms with Gasteiger partial charge < -0.3 is 10.2 Å². The monoisotopic (exact) mass is 352 g/mol. The second-order valence-corrected chi connectivity index (χ2v) is 5.55. The molecule has 0 aliphatic carbocycles. The molecule has 1 atom stereocenters. The van der Waals surface area contributed by atoms with Crippen LogP contribution in [0.3, 0.4) is 0 Å². The van der Waals surface area contributed by atoms with Crippen LogP contribution in [-0.4, -0.2) is 36.5 Å². The van der Waals surface area contributed by atoms with E-state index in [1.807, 2.05) is 11.0 Å². The molecule has 1 saturated heterocycles. The van der Waals surface area contributed by atoms with Crippen molar-refractivity contribution < 1.29 is 4.79 Å². The van der Waals surface area contributed by atoms with Crippen LogP contribution < -0.4 is 5.32 Å². The number of nitrogens with zero attached hydrogens (tertiary/aromatic N) is 1. The zero-order valence-corrected chi connectivity index (χ0v) is 13.1. The van der Waals surface area contributed by atoms with Crippen LogP contribution in [0.2, 0.25) is 5.02 Å². The molecule has 1 aromatic rings. The lowest BCUT2D eigenvalue weighted by Crippen LogP contribution is -2.51. The molecule has 1 aliphatic heterocycles. The van der Waals surface area contributed by atoms with E-state index in [2.05, 4.69) is 28.2 Å². The maximum Gasteiger partial charge on any atom is 0.255 e. The third-order valence-corrected chi connectivity index (χ3v) is 3.62. The summed E-state index contributed by atoms with van der Waals surface area (Å²) < 4.78 is 0.882. The average molecular weight is 354 g/mol. The number of piperazine rings is 1. The summed E-state index contributed by atoms with van der Waals surface area (Å²) in [6, 6.07) is 5.69. The van der Waals surface area contributed by atoms with Gasteiger partial charge in [0.1, 0.15) is 0 Å². The van der Waals surface area contributed by atoms with Gasteiger partial charge in [0.05, 0.1) is 10.6 Å². The molecule has 0 aromatic heterocycles. The van der Waals surface area contributed by atoms with Crippen LogP contribution in [0.25, 0.3) is 0 Å². The van der Waals surface area contributed by atoms with E-state index in [9.17, 15) is 4.79 Å². The number of halogens is 3. The molecule has 0 radical (unpaired) electrons. The molecule has 0 saturated carbocycles. The van der Waals surface area contributed by atoms with E-state index >= 15 is 0 Å². The van der Waals surface area contributed by atoms with Crippen LogP contribution in [0.4, 0.5) is 0 Å². The number of carbonyl (C=O) groups is 1. The van der Waals surface area contributed by atoms with Crippen LogP contribution in [0.1, 0.15) is 17.3 Å². The Bertz CT molecular complexity index is 442. The lowest BCUT2D eigenvalue weighted by molar-refractivity contribution is 0.0709. The second-order valence-electron chi connectivity index (χ2n) is 4.23. The smallest absolute Gasteiger partial charge is 0.255 e. The van der Waals surface area contributed by atoms with Crippen molar-refractivity contribution in [1.82, 2.24) is 10.2 Å². The molecular formula is C12H15BrCl2N2O. The molecule has 1 amide bonds. The number of amides is 1. The molecule has 18 heavy (non-hydrogen) atoms. The summed E-state index contributed by atoms with van der Waals surface area (Å²) in [6.07, 6.45) is 0. The van der Waals surface area contributed by atoms with Gasteiger partial charge in [-0.05, 0) is 25.1 Å². The summed E-state index contributed by atoms with van der Waals surface area (Å²) in [5.74, 6) is 0.0100. The largest absolute Gasteiger partial charge is 0.336 e. The molecule has 0 spiro atoms. The first-order chi connectivity index (χ1) is 8.08. The number of rotatable bonds is 1. The Labute approximate surface area is 126 Å². The topological polar surface area (TPSA) is 32.3 Å². The van der Waals surface area contributed by atoms with Crippen molar-refractivity contribution in [3.8, 4) is 0 Å². The lowest BCUT2D eigenvalue weighted by Gasteiger charge is -2.32. The van der Waals surface area contributed by atoms with Crippen LogP contribution in [0, 0.1) is 0 Å². The van der Waals surface area contributed by atoms with E-state index in [0.29, 0.717) is 16.6 Å². The highest BCUT2D eigenvalue weighted by Gasteiger charge is 2.23. The normalized spacial score (nSPS) is 19.3. The summed E-state index contributed by atoms with van der Waals surface area (Å²) in [7, 11) is 0. The summed E-state index contributed by atoms with van der Waals surface area (Å²) in [5.41, 5.74) is 0.573. The minimum Gasteiger partial charge on any atom is -0.336 e.